The van der Waals surface area contributed by atoms with E-state index >= 15 is 0 Å². The molecule has 0 aliphatic heterocycles. The third-order valence-electron chi connectivity index (χ3n) is 3.69. The maximum Gasteiger partial charge on any atom is 0.345 e. The number of esters is 2. The van der Waals surface area contributed by atoms with E-state index in [0.717, 1.165) is 12.5 Å². The average Bonchev–Trinajstić information content (AvgIpc) is 2.66. The fourth-order valence-corrected chi connectivity index (χ4v) is 2.43. The standard InChI is InChI=1S/C20H16N4O5/c1-11(25)22-20-23-17-16(18(27)24-20)9-14(10-21-17)4-3-13-5-7-15(8-6-13)19(28)29-12(2)26/h3-10H,1-2H3,(H2,21,22,23,24,25,27)/b4-3+. The highest BCUT2D eigenvalue weighted by Gasteiger charge is 2.10. The molecule has 9 heteroatoms. The molecule has 0 saturated carbocycles. The van der Waals surface area contributed by atoms with Gasteiger partial charge in [-0.25, -0.2) is 9.78 Å². The summed E-state index contributed by atoms with van der Waals surface area (Å²) in [6, 6.07) is 8.15. The topological polar surface area (TPSA) is 131 Å². The molecule has 2 N–H and O–H groups in total. The van der Waals surface area contributed by atoms with Crippen molar-refractivity contribution in [3.8, 4) is 5.88 Å². The Kier molecular flexibility index (Phi) is 5.59. The number of hydrogen-bond donors (Lipinski definition) is 2. The smallest absolute Gasteiger partial charge is 0.345 e. The van der Waals surface area contributed by atoms with E-state index in [0.29, 0.717) is 10.9 Å². The first-order valence-electron chi connectivity index (χ1n) is 8.47. The summed E-state index contributed by atoms with van der Waals surface area (Å²) in [4.78, 5) is 45.7. The molecule has 0 spiro atoms. The Labute approximate surface area is 165 Å². The molecule has 3 aromatic rings. The molecule has 0 aliphatic carbocycles. The molecule has 1 amide bonds. The van der Waals surface area contributed by atoms with Gasteiger partial charge < -0.3 is 9.84 Å². The number of ether oxygens (including phenoxy) is 1. The molecule has 0 unspecified atom stereocenters. The highest BCUT2D eigenvalue weighted by atomic mass is 16.6. The maximum atomic E-state index is 11.7. The molecule has 0 fully saturated rings. The molecule has 29 heavy (non-hydrogen) atoms. The van der Waals surface area contributed by atoms with Crippen molar-refractivity contribution >= 4 is 47.0 Å². The van der Waals surface area contributed by atoms with Gasteiger partial charge >= 0.3 is 11.9 Å². The largest absolute Gasteiger partial charge is 0.493 e. The van der Waals surface area contributed by atoms with Crippen LogP contribution >= 0.6 is 0 Å². The second kappa shape index (κ2) is 8.26. The van der Waals surface area contributed by atoms with Crippen LogP contribution in [0.15, 0.2) is 36.5 Å². The summed E-state index contributed by atoms with van der Waals surface area (Å²) in [5.74, 6) is -2.06. The number of fused-ring (bicyclic) bond motifs is 1. The number of benzene rings is 1. The van der Waals surface area contributed by atoms with E-state index in [1.807, 2.05) is 0 Å². The Balaban J connectivity index is 1.80. The monoisotopic (exact) mass is 392 g/mol. The predicted molar refractivity (Wildman–Crippen MR) is 105 cm³/mol. The van der Waals surface area contributed by atoms with Crippen molar-refractivity contribution < 1.29 is 24.2 Å². The maximum absolute atomic E-state index is 11.7. The quantitative estimate of drug-likeness (QED) is 0.511. The lowest BCUT2D eigenvalue weighted by molar-refractivity contribution is -0.135. The van der Waals surface area contributed by atoms with E-state index in [-0.39, 0.29) is 28.9 Å². The SMILES string of the molecule is CC(=O)Nc1nc(O)c2cc(/C=C/c3ccc(C(=O)OC(C)=O)cc3)cnc2n1. The van der Waals surface area contributed by atoms with Crippen molar-refractivity contribution in [1.82, 2.24) is 15.0 Å². The minimum atomic E-state index is -0.708. The van der Waals surface area contributed by atoms with Gasteiger partial charge in [-0.15, -0.1) is 0 Å². The van der Waals surface area contributed by atoms with Crippen molar-refractivity contribution in [2.45, 2.75) is 13.8 Å². The molecule has 0 saturated heterocycles. The van der Waals surface area contributed by atoms with Crippen molar-refractivity contribution in [2.75, 3.05) is 5.32 Å². The zero-order chi connectivity index (χ0) is 21.0. The number of nitrogens with zero attached hydrogens (tertiary/aromatic N) is 3. The molecule has 0 atom stereocenters. The summed E-state index contributed by atoms with van der Waals surface area (Å²) < 4.78 is 4.52. The van der Waals surface area contributed by atoms with Crippen LogP contribution in [0, 0.1) is 0 Å². The summed E-state index contributed by atoms with van der Waals surface area (Å²) in [5, 5.41) is 12.8. The van der Waals surface area contributed by atoms with E-state index < -0.39 is 11.9 Å². The fraction of sp³-hybridized carbons (Fsp3) is 0.100. The van der Waals surface area contributed by atoms with Gasteiger partial charge in [0.25, 0.3) is 0 Å². The number of hydrogen-bond acceptors (Lipinski definition) is 8. The van der Waals surface area contributed by atoms with E-state index in [9.17, 15) is 19.5 Å². The van der Waals surface area contributed by atoms with Crippen LogP contribution in [0.25, 0.3) is 23.2 Å². The van der Waals surface area contributed by atoms with Gasteiger partial charge in [-0.1, -0.05) is 24.3 Å². The summed E-state index contributed by atoms with van der Waals surface area (Å²) in [6.45, 7) is 2.47. The number of aromatic hydroxyl groups is 1. The number of amides is 1. The van der Waals surface area contributed by atoms with Crippen molar-refractivity contribution in [2.24, 2.45) is 0 Å². The zero-order valence-electron chi connectivity index (χ0n) is 15.5. The molecule has 2 heterocycles. The number of rotatable bonds is 4. The second-order valence-electron chi connectivity index (χ2n) is 6.03. The summed E-state index contributed by atoms with van der Waals surface area (Å²) in [7, 11) is 0. The molecular formula is C20H16N4O5. The highest BCUT2D eigenvalue weighted by Crippen LogP contribution is 2.23. The van der Waals surface area contributed by atoms with Gasteiger partial charge in [-0.3, -0.25) is 14.9 Å². The summed E-state index contributed by atoms with van der Waals surface area (Å²) >= 11 is 0. The minimum Gasteiger partial charge on any atom is -0.493 e. The first kappa shape index (κ1) is 19.6. The normalized spacial score (nSPS) is 10.8. The number of pyridine rings is 1. The average molecular weight is 392 g/mol. The van der Waals surface area contributed by atoms with E-state index in [1.54, 1.807) is 48.7 Å². The van der Waals surface area contributed by atoms with Crippen LogP contribution in [0.2, 0.25) is 0 Å². The van der Waals surface area contributed by atoms with Gasteiger partial charge in [0.1, 0.15) is 0 Å². The molecule has 0 bridgehead atoms. The Hall–Kier alpha value is -4.14. The molecule has 1 aromatic carbocycles. The number of nitrogens with one attached hydrogen (secondary N) is 1. The number of carbonyl (C=O) groups excluding carboxylic acids is 3. The minimum absolute atomic E-state index is 0.0262. The lowest BCUT2D eigenvalue weighted by atomic mass is 10.1. The fourth-order valence-electron chi connectivity index (χ4n) is 2.43. The zero-order valence-corrected chi connectivity index (χ0v) is 15.5. The van der Waals surface area contributed by atoms with Gasteiger partial charge in [0.05, 0.1) is 10.9 Å². The Morgan fingerprint density at radius 3 is 2.38 bits per heavy atom. The highest BCUT2D eigenvalue weighted by molar-refractivity contribution is 5.96. The van der Waals surface area contributed by atoms with Crippen molar-refractivity contribution in [3.63, 3.8) is 0 Å². The van der Waals surface area contributed by atoms with E-state index in [4.69, 9.17) is 0 Å². The molecule has 3 rings (SSSR count). The molecule has 0 radical (unpaired) electrons. The summed E-state index contributed by atoms with van der Waals surface area (Å²) in [5.41, 5.74) is 1.99. The Bertz CT molecular complexity index is 1140. The first-order chi connectivity index (χ1) is 13.8. The molecule has 9 nitrogen and oxygen atoms in total. The number of anilines is 1. The predicted octanol–water partition coefficient (Wildman–Crippen LogP) is 2.56. The van der Waals surface area contributed by atoms with Crippen molar-refractivity contribution in [1.29, 1.82) is 0 Å². The molecule has 2 aromatic heterocycles. The van der Waals surface area contributed by atoms with Crippen LogP contribution in [0.5, 0.6) is 5.88 Å². The van der Waals surface area contributed by atoms with E-state index in [1.165, 1.54) is 6.92 Å². The van der Waals surface area contributed by atoms with Crippen LogP contribution in [-0.2, 0) is 14.3 Å². The van der Waals surface area contributed by atoms with Gasteiger partial charge in [-0.2, -0.15) is 9.97 Å². The van der Waals surface area contributed by atoms with Gasteiger partial charge in [-0.05, 0) is 29.3 Å². The number of carbonyl (C=O) groups is 3. The van der Waals surface area contributed by atoms with Gasteiger partial charge in [0.15, 0.2) is 5.65 Å². The molecule has 146 valence electrons. The lowest BCUT2D eigenvalue weighted by Crippen LogP contribution is -2.09. The Morgan fingerprint density at radius 1 is 1.03 bits per heavy atom. The lowest BCUT2D eigenvalue weighted by Gasteiger charge is -2.04. The third-order valence-corrected chi connectivity index (χ3v) is 3.69. The van der Waals surface area contributed by atoms with Crippen molar-refractivity contribution in [3.05, 3.63) is 53.2 Å². The van der Waals surface area contributed by atoms with Crippen LogP contribution in [0.3, 0.4) is 0 Å². The second-order valence-corrected chi connectivity index (χ2v) is 6.03. The van der Waals surface area contributed by atoms with Crippen LogP contribution in [0.4, 0.5) is 5.95 Å². The van der Waals surface area contributed by atoms with Gasteiger partial charge in [0, 0.05) is 20.0 Å². The van der Waals surface area contributed by atoms with Crippen LogP contribution in [0.1, 0.15) is 35.3 Å². The molecule has 0 aliphatic rings. The number of aromatic nitrogens is 3. The van der Waals surface area contributed by atoms with E-state index in [2.05, 4.69) is 25.0 Å². The van der Waals surface area contributed by atoms with Crippen LogP contribution in [-0.4, -0.2) is 37.9 Å². The summed E-state index contributed by atoms with van der Waals surface area (Å²) in [6.07, 6.45) is 5.10. The molecular weight excluding hydrogens is 376 g/mol. The Morgan fingerprint density at radius 2 is 1.72 bits per heavy atom. The third kappa shape index (κ3) is 4.98. The van der Waals surface area contributed by atoms with Gasteiger partial charge in [0.2, 0.25) is 17.7 Å². The first-order valence-corrected chi connectivity index (χ1v) is 8.47. The van der Waals surface area contributed by atoms with Crippen LogP contribution < -0.4 is 5.32 Å².